The zero-order chi connectivity index (χ0) is 11.4. The summed E-state index contributed by atoms with van der Waals surface area (Å²) in [5, 5.41) is 0.0990. The number of hydrogen-bond acceptors (Lipinski definition) is 2. The van der Waals surface area contributed by atoms with E-state index in [9.17, 15) is 8.60 Å². The topological polar surface area (TPSA) is 43.1 Å². The van der Waals surface area contributed by atoms with E-state index < -0.39 is 10.8 Å². The average molecular weight is 229 g/mol. The highest BCUT2D eigenvalue weighted by Crippen LogP contribution is 2.15. The summed E-state index contributed by atoms with van der Waals surface area (Å²) < 4.78 is 25.1. The van der Waals surface area contributed by atoms with Crippen LogP contribution in [0.1, 0.15) is 25.8 Å². The lowest BCUT2D eigenvalue weighted by molar-refractivity contribution is 0.615. The second-order valence-electron chi connectivity index (χ2n) is 3.59. The highest BCUT2D eigenvalue weighted by molar-refractivity contribution is 7.84. The number of nitrogen functional groups attached to an aromatic ring is 1. The minimum Gasteiger partial charge on any atom is -0.399 e. The SMILES string of the molecule is CCC(C)S(=O)Cc1ccc(N)cc1F. The van der Waals surface area contributed by atoms with Crippen molar-refractivity contribution < 1.29 is 8.60 Å². The van der Waals surface area contributed by atoms with E-state index in [1.165, 1.54) is 6.07 Å². The van der Waals surface area contributed by atoms with Crippen molar-refractivity contribution >= 4 is 16.5 Å². The molecule has 15 heavy (non-hydrogen) atoms. The minimum atomic E-state index is -1.01. The molecule has 0 saturated carbocycles. The number of hydrogen-bond donors (Lipinski definition) is 1. The molecule has 0 heterocycles. The van der Waals surface area contributed by atoms with Crippen LogP contribution in [0, 0.1) is 5.82 Å². The van der Waals surface area contributed by atoms with Gasteiger partial charge in [-0.1, -0.05) is 19.9 Å². The van der Waals surface area contributed by atoms with Crippen LogP contribution >= 0.6 is 0 Å². The summed E-state index contributed by atoms with van der Waals surface area (Å²) in [5.74, 6) is -0.104. The van der Waals surface area contributed by atoms with Crippen molar-refractivity contribution in [1.82, 2.24) is 0 Å². The first-order valence-corrected chi connectivity index (χ1v) is 6.34. The van der Waals surface area contributed by atoms with Crippen LogP contribution in [-0.2, 0) is 16.6 Å². The lowest BCUT2D eigenvalue weighted by Crippen LogP contribution is -2.12. The predicted octanol–water partition coefficient (Wildman–Crippen LogP) is 2.46. The monoisotopic (exact) mass is 229 g/mol. The van der Waals surface area contributed by atoms with E-state index in [-0.39, 0.29) is 16.8 Å². The van der Waals surface area contributed by atoms with Gasteiger partial charge in [0.25, 0.3) is 0 Å². The highest BCUT2D eigenvalue weighted by Gasteiger charge is 2.12. The van der Waals surface area contributed by atoms with Gasteiger partial charge in [-0.2, -0.15) is 0 Å². The third-order valence-electron chi connectivity index (χ3n) is 2.40. The quantitative estimate of drug-likeness (QED) is 0.806. The average Bonchev–Trinajstić information content (AvgIpc) is 2.20. The van der Waals surface area contributed by atoms with Gasteiger partial charge in [-0.25, -0.2) is 4.39 Å². The third-order valence-corrected chi connectivity index (χ3v) is 4.23. The molecule has 0 radical (unpaired) electrons. The van der Waals surface area contributed by atoms with Crippen molar-refractivity contribution in [1.29, 1.82) is 0 Å². The minimum absolute atomic E-state index is 0.0990. The van der Waals surface area contributed by atoms with Gasteiger partial charge in [0.1, 0.15) is 5.82 Å². The molecule has 0 aliphatic rings. The van der Waals surface area contributed by atoms with Gasteiger partial charge >= 0.3 is 0 Å². The molecule has 0 aromatic heterocycles. The Morgan fingerprint density at radius 2 is 2.20 bits per heavy atom. The summed E-state index contributed by atoms with van der Waals surface area (Å²) in [5.41, 5.74) is 6.30. The molecule has 0 fully saturated rings. The van der Waals surface area contributed by atoms with E-state index in [2.05, 4.69) is 0 Å². The fourth-order valence-corrected chi connectivity index (χ4v) is 2.36. The summed E-state index contributed by atoms with van der Waals surface area (Å²) >= 11 is 0. The maximum absolute atomic E-state index is 13.4. The molecule has 0 aliphatic heterocycles. The Morgan fingerprint density at radius 3 is 2.73 bits per heavy atom. The number of nitrogens with two attached hydrogens (primary N) is 1. The Labute approximate surface area is 92.1 Å². The maximum Gasteiger partial charge on any atom is 0.129 e. The zero-order valence-corrected chi connectivity index (χ0v) is 9.81. The molecule has 2 nitrogen and oxygen atoms in total. The van der Waals surface area contributed by atoms with E-state index in [4.69, 9.17) is 5.73 Å². The van der Waals surface area contributed by atoms with Crippen molar-refractivity contribution in [3.63, 3.8) is 0 Å². The van der Waals surface area contributed by atoms with Crippen LogP contribution in [0.3, 0.4) is 0 Å². The molecule has 0 bridgehead atoms. The lowest BCUT2D eigenvalue weighted by atomic mass is 10.2. The third kappa shape index (κ3) is 3.30. The van der Waals surface area contributed by atoms with Crippen LogP contribution in [0.5, 0.6) is 0 Å². The first-order chi connectivity index (χ1) is 7.04. The predicted molar refractivity (Wildman–Crippen MR) is 62.4 cm³/mol. The van der Waals surface area contributed by atoms with Gasteiger partial charge in [0.2, 0.25) is 0 Å². The molecule has 2 unspecified atom stereocenters. The normalized spacial score (nSPS) is 14.9. The Morgan fingerprint density at radius 1 is 1.53 bits per heavy atom. The Kier molecular flexibility index (Phi) is 4.27. The van der Waals surface area contributed by atoms with Gasteiger partial charge in [0.05, 0.1) is 5.75 Å². The number of anilines is 1. The molecular formula is C11H16FNOS. The summed E-state index contributed by atoms with van der Waals surface area (Å²) in [7, 11) is -1.01. The molecule has 1 aromatic rings. The van der Waals surface area contributed by atoms with Gasteiger partial charge in [0.15, 0.2) is 0 Å². The van der Waals surface area contributed by atoms with Gasteiger partial charge < -0.3 is 5.73 Å². The van der Waals surface area contributed by atoms with Gasteiger partial charge in [-0.15, -0.1) is 0 Å². The van der Waals surface area contributed by atoms with Crippen molar-refractivity contribution in [2.24, 2.45) is 0 Å². The van der Waals surface area contributed by atoms with Crippen LogP contribution in [0.2, 0.25) is 0 Å². The lowest BCUT2D eigenvalue weighted by Gasteiger charge is -2.09. The Hall–Kier alpha value is -0.900. The van der Waals surface area contributed by atoms with E-state index in [1.54, 1.807) is 12.1 Å². The Balaban J connectivity index is 2.77. The molecule has 0 amide bonds. The smallest absolute Gasteiger partial charge is 0.129 e. The second-order valence-corrected chi connectivity index (χ2v) is 5.45. The van der Waals surface area contributed by atoms with E-state index in [0.717, 1.165) is 6.42 Å². The summed E-state index contributed by atoms with van der Waals surface area (Å²) in [6.07, 6.45) is 0.837. The van der Waals surface area contributed by atoms with Crippen molar-refractivity contribution in [3.8, 4) is 0 Å². The number of halogens is 1. The van der Waals surface area contributed by atoms with Crippen LogP contribution in [0.25, 0.3) is 0 Å². The zero-order valence-electron chi connectivity index (χ0n) is 9.00. The fraction of sp³-hybridized carbons (Fsp3) is 0.455. The number of rotatable bonds is 4. The van der Waals surface area contributed by atoms with E-state index in [0.29, 0.717) is 11.3 Å². The maximum atomic E-state index is 13.4. The second kappa shape index (κ2) is 5.26. The summed E-state index contributed by atoms with van der Waals surface area (Å²) in [4.78, 5) is 0. The van der Waals surface area contributed by atoms with Gasteiger partial charge in [0, 0.05) is 27.3 Å². The molecule has 84 valence electrons. The molecule has 4 heteroatoms. The van der Waals surface area contributed by atoms with Crippen LogP contribution in [-0.4, -0.2) is 9.46 Å². The van der Waals surface area contributed by atoms with Crippen molar-refractivity contribution in [2.75, 3.05) is 5.73 Å². The molecule has 2 atom stereocenters. The molecular weight excluding hydrogens is 213 g/mol. The molecule has 0 spiro atoms. The molecule has 1 rings (SSSR count). The fourth-order valence-electron chi connectivity index (χ4n) is 1.16. The summed E-state index contributed by atoms with van der Waals surface area (Å²) in [6, 6.07) is 4.50. The molecule has 2 N–H and O–H groups in total. The first-order valence-electron chi connectivity index (χ1n) is 4.95. The Bertz CT molecular complexity index is 368. The van der Waals surface area contributed by atoms with Crippen LogP contribution in [0.15, 0.2) is 18.2 Å². The highest BCUT2D eigenvalue weighted by atomic mass is 32.2. The first kappa shape index (κ1) is 12.2. The number of benzene rings is 1. The van der Waals surface area contributed by atoms with Crippen molar-refractivity contribution in [2.45, 2.75) is 31.3 Å². The molecule has 0 aliphatic carbocycles. The van der Waals surface area contributed by atoms with Gasteiger partial charge in [-0.3, -0.25) is 4.21 Å². The van der Waals surface area contributed by atoms with E-state index in [1.807, 2.05) is 13.8 Å². The summed E-state index contributed by atoms with van der Waals surface area (Å²) in [6.45, 7) is 3.88. The molecule has 1 aromatic carbocycles. The van der Waals surface area contributed by atoms with Crippen LogP contribution in [0.4, 0.5) is 10.1 Å². The van der Waals surface area contributed by atoms with E-state index >= 15 is 0 Å². The van der Waals surface area contributed by atoms with Crippen LogP contribution < -0.4 is 5.73 Å². The molecule has 0 saturated heterocycles. The largest absolute Gasteiger partial charge is 0.399 e. The van der Waals surface area contributed by atoms with Crippen molar-refractivity contribution in [3.05, 3.63) is 29.6 Å². The van der Waals surface area contributed by atoms with Gasteiger partial charge in [-0.05, 0) is 18.6 Å². The standard InChI is InChI=1S/C11H16FNOS/c1-3-8(2)15(14)7-9-4-5-10(13)6-11(9)12/h4-6,8H,3,7,13H2,1-2H3.